The highest BCUT2D eigenvalue weighted by atomic mass is 79.9. The fourth-order valence-corrected chi connectivity index (χ4v) is 3.97. The molecular formula is C25H23BrN2O3. The van der Waals surface area contributed by atoms with E-state index in [0.29, 0.717) is 19.6 Å². The molecule has 0 saturated carbocycles. The highest BCUT2D eigenvalue weighted by molar-refractivity contribution is 9.10. The lowest BCUT2D eigenvalue weighted by atomic mass is 10.0. The van der Waals surface area contributed by atoms with E-state index in [2.05, 4.69) is 26.2 Å². The largest absolute Gasteiger partial charge is 0.489 e. The molecule has 6 heteroatoms. The third-order valence-electron chi connectivity index (χ3n) is 5.20. The van der Waals surface area contributed by atoms with Crippen molar-refractivity contribution in [2.75, 3.05) is 0 Å². The molecule has 158 valence electrons. The molecule has 0 unspecified atom stereocenters. The van der Waals surface area contributed by atoms with Gasteiger partial charge in [-0.2, -0.15) is 0 Å². The topological polar surface area (TPSA) is 74.3 Å². The first-order chi connectivity index (χ1) is 15.1. The van der Waals surface area contributed by atoms with Crippen LogP contribution in [0.3, 0.4) is 0 Å². The molecule has 1 aromatic heterocycles. The number of benzene rings is 3. The number of aromatic amines is 1. The molecule has 0 aliphatic rings. The quantitative estimate of drug-likeness (QED) is 0.305. The second kappa shape index (κ2) is 9.81. The van der Waals surface area contributed by atoms with Crippen LogP contribution in [-0.4, -0.2) is 22.1 Å². The minimum absolute atomic E-state index is 0.378. The third-order valence-corrected chi connectivity index (χ3v) is 5.69. The van der Waals surface area contributed by atoms with E-state index >= 15 is 0 Å². The number of hydrogen-bond donors (Lipinski definition) is 3. The van der Waals surface area contributed by atoms with Crippen LogP contribution >= 0.6 is 15.9 Å². The van der Waals surface area contributed by atoms with Crippen molar-refractivity contribution in [2.24, 2.45) is 0 Å². The minimum Gasteiger partial charge on any atom is -0.489 e. The maximum Gasteiger partial charge on any atom is 0.321 e. The van der Waals surface area contributed by atoms with Gasteiger partial charge in [0.1, 0.15) is 18.4 Å². The average molecular weight is 479 g/mol. The molecule has 1 heterocycles. The summed E-state index contributed by atoms with van der Waals surface area (Å²) < 4.78 is 6.94. The van der Waals surface area contributed by atoms with Crippen LogP contribution in [0.2, 0.25) is 0 Å². The lowest BCUT2D eigenvalue weighted by molar-refractivity contribution is -0.139. The van der Waals surface area contributed by atoms with E-state index in [1.807, 2.05) is 79.0 Å². The van der Waals surface area contributed by atoms with Crippen molar-refractivity contribution in [3.8, 4) is 5.75 Å². The summed E-state index contributed by atoms with van der Waals surface area (Å²) >= 11 is 3.50. The zero-order valence-electron chi connectivity index (χ0n) is 16.8. The van der Waals surface area contributed by atoms with Crippen LogP contribution in [0.1, 0.15) is 16.7 Å². The Balaban J connectivity index is 1.47. The molecule has 0 radical (unpaired) electrons. The summed E-state index contributed by atoms with van der Waals surface area (Å²) in [6.45, 7) is 0.829. The molecule has 0 spiro atoms. The molecule has 4 rings (SSSR count). The number of aromatic nitrogens is 1. The zero-order chi connectivity index (χ0) is 21.6. The lowest BCUT2D eigenvalue weighted by Crippen LogP contribution is -2.38. The van der Waals surface area contributed by atoms with E-state index in [1.165, 1.54) is 0 Å². The average Bonchev–Trinajstić information content (AvgIpc) is 3.19. The van der Waals surface area contributed by atoms with Crippen molar-refractivity contribution < 1.29 is 14.6 Å². The number of para-hydroxylation sites is 1. The Bertz CT molecular complexity index is 1170. The summed E-state index contributed by atoms with van der Waals surface area (Å²) in [5, 5.41) is 14.0. The molecule has 0 aliphatic carbocycles. The Hall–Kier alpha value is -3.09. The van der Waals surface area contributed by atoms with Gasteiger partial charge >= 0.3 is 5.97 Å². The van der Waals surface area contributed by atoms with Gasteiger partial charge in [-0.25, -0.2) is 0 Å². The van der Waals surface area contributed by atoms with Crippen LogP contribution in [0.5, 0.6) is 5.75 Å². The Kier molecular flexibility index (Phi) is 6.70. The van der Waals surface area contributed by atoms with Crippen molar-refractivity contribution in [3.63, 3.8) is 0 Å². The van der Waals surface area contributed by atoms with E-state index in [0.717, 1.165) is 37.8 Å². The van der Waals surface area contributed by atoms with Gasteiger partial charge in [-0.1, -0.05) is 64.5 Å². The van der Waals surface area contributed by atoms with Gasteiger partial charge in [-0.15, -0.1) is 0 Å². The molecule has 3 N–H and O–H groups in total. The van der Waals surface area contributed by atoms with Gasteiger partial charge in [0, 0.05) is 40.1 Å². The smallest absolute Gasteiger partial charge is 0.321 e. The molecule has 0 amide bonds. The molecular weight excluding hydrogens is 456 g/mol. The predicted octanol–water partition coefficient (Wildman–Crippen LogP) is 5.29. The number of carboxylic acids is 1. The molecule has 1 atom stereocenters. The summed E-state index contributed by atoms with van der Waals surface area (Å²) in [5.74, 6) is -0.150. The Morgan fingerprint density at radius 2 is 1.81 bits per heavy atom. The predicted molar refractivity (Wildman–Crippen MR) is 125 cm³/mol. The van der Waals surface area contributed by atoms with Crippen molar-refractivity contribution in [3.05, 3.63) is 100 Å². The lowest BCUT2D eigenvalue weighted by Gasteiger charge is -2.17. The fraction of sp³-hybridized carbons (Fsp3) is 0.160. The van der Waals surface area contributed by atoms with Gasteiger partial charge in [-0.3, -0.25) is 10.1 Å². The summed E-state index contributed by atoms with van der Waals surface area (Å²) in [4.78, 5) is 15.1. The third kappa shape index (κ3) is 5.34. The maximum absolute atomic E-state index is 11.9. The number of carboxylic acid groups (broad SMARTS) is 1. The molecule has 0 fully saturated rings. The fourth-order valence-electron chi connectivity index (χ4n) is 3.56. The van der Waals surface area contributed by atoms with E-state index in [-0.39, 0.29) is 0 Å². The van der Waals surface area contributed by atoms with Gasteiger partial charge in [0.2, 0.25) is 0 Å². The van der Waals surface area contributed by atoms with Crippen LogP contribution in [0, 0.1) is 0 Å². The Morgan fingerprint density at radius 3 is 2.61 bits per heavy atom. The van der Waals surface area contributed by atoms with Crippen molar-refractivity contribution >= 4 is 32.8 Å². The number of halogens is 1. The highest BCUT2D eigenvalue weighted by Gasteiger charge is 2.20. The van der Waals surface area contributed by atoms with E-state index in [9.17, 15) is 9.90 Å². The Labute approximate surface area is 189 Å². The van der Waals surface area contributed by atoms with E-state index in [1.54, 1.807) is 0 Å². The van der Waals surface area contributed by atoms with Gasteiger partial charge in [0.15, 0.2) is 0 Å². The maximum atomic E-state index is 11.9. The molecule has 0 saturated heterocycles. The monoisotopic (exact) mass is 478 g/mol. The molecule has 5 nitrogen and oxygen atoms in total. The van der Waals surface area contributed by atoms with Crippen LogP contribution < -0.4 is 10.1 Å². The molecule has 3 aromatic carbocycles. The minimum atomic E-state index is -0.882. The Morgan fingerprint density at radius 1 is 1.03 bits per heavy atom. The number of fused-ring (bicyclic) bond motifs is 1. The highest BCUT2D eigenvalue weighted by Crippen LogP contribution is 2.25. The second-order valence-corrected chi connectivity index (χ2v) is 8.28. The summed E-state index contributed by atoms with van der Waals surface area (Å²) in [6.07, 6.45) is 2.27. The number of H-pyrrole nitrogens is 1. The van der Waals surface area contributed by atoms with Crippen LogP contribution in [0.4, 0.5) is 0 Å². The van der Waals surface area contributed by atoms with Crippen molar-refractivity contribution in [1.29, 1.82) is 0 Å². The van der Waals surface area contributed by atoms with Gasteiger partial charge in [0.25, 0.3) is 0 Å². The van der Waals surface area contributed by atoms with Crippen molar-refractivity contribution in [1.82, 2.24) is 10.3 Å². The zero-order valence-corrected chi connectivity index (χ0v) is 18.4. The van der Waals surface area contributed by atoms with Gasteiger partial charge < -0.3 is 14.8 Å². The van der Waals surface area contributed by atoms with Crippen LogP contribution in [0.15, 0.2) is 83.5 Å². The molecule has 4 aromatic rings. The standard InChI is InChI=1S/C25H23BrN2O3/c26-20-10-11-24(31-16-17-6-2-1-3-7-17)19(12-20)15-28-23(25(29)30)13-18-14-27-22-9-5-4-8-21(18)22/h1-12,14,23,27-28H,13,15-16H2,(H,29,30)/t23-/m0/s1. The summed E-state index contributed by atoms with van der Waals surface area (Å²) in [7, 11) is 0. The number of aliphatic carboxylic acids is 1. The number of ether oxygens (including phenoxy) is 1. The van der Waals surface area contributed by atoms with Crippen LogP contribution in [-0.2, 0) is 24.4 Å². The normalized spacial score (nSPS) is 12.0. The van der Waals surface area contributed by atoms with E-state index < -0.39 is 12.0 Å². The van der Waals surface area contributed by atoms with Gasteiger partial charge in [0.05, 0.1) is 0 Å². The second-order valence-electron chi connectivity index (χ2n) is 7.36. The molecule has 0 aliphatic heterocycles. The first-order valence-corrected chi connectivity index (χ1v) is 10.9. The van der Waals surface area contributed by atoms with Crippen LogP contribution in [0.25, 0.3) is 10.9 Å². The number of carbonyl (C=O) groups is 1. The number of nitrogens with one attached hydrogen (secondary N) is 2. The summed E-state index contributed by atoms with van der Waals surface area (Å²) in [6, 6.07) is 22.9. The SMILES string of the molecule is O=C(O)[C@H](Cc1c[nH]c2ccccc12)NCc1cc(Br)ccc1OCc1ccccc1. The molecule has 0 bridgehead atoms. The van der Waals surface area contributed by atoms with Gasteiger partial charge in [-0.05, 0) is 35.4 Å². The molecule has 31 heavy (non-hydrogen) atoms. The first-order valence-electron chi connectivity index (χ1n) is 10.1. The van der Waals surface area contributed by atoms with E-state index in [4.69, 9.17) is 4.74 Å². The van der Waals surface area contributed by atoms with Crippen molar-refractivity contribution in [2.45, 2.75) is 25.6 Å². The number of rotatable bonds is 9. The summed E-state index contributed by atoms with van der Waals surface area (Å²) in [5.41, 5.74) is 3.96. The first kappa shape index (κ1) is 21.2. The number of hydrogen-bond acceptors (Lipinski definition) is 3.